The smallest absolute Gasteiger partial charge is 0.411 e. The lowest BCUT2D eigenvalue weighted by molar-refractivity contribution is 0.0919. The predicted molar refractivity (Wildman–Crippen MR) is 117 cm³/mol. The molecule has 3 aromatic rings. The van der Waals surface area contributed by atoms with E-state index in [1.165, 1.54) is 0 Å². The normalized spacial score (nSPS) is 12.6. The molecule has 0 saturated carbocycles. The summed E-state index contributed by atoms with van der Waals surface area (Å²) in [6.45, 7) is 1.54. The van der Waals surface area contributed by atoms with E-state index >= 15 is 0 Å². The highest BCUT2D eigenvalue weighted by atomic mass is 16.6. The monoisotopic (exact) mass is 416 g/mol. The quantitative estimate of drug-likeness (QED) is 0.626. The van der Waals surface area contributed by atoms with E-state index in [1.807, 2.05) is 78.9 Å². The predicted octanol–water partition coefficient (Wildman–Crippen LogP) is 5.13. The van der Waals surface area contributed by atoms with Crippen LogP contribution in [0.5, 0.6) is 0 Å². The highest BCUT2D eigenvalue weighted by molar-refractivity contribution is 5.84. The van der Waals surface area contributed by atoms with Crippen molar-refractivity contribution < 1.29 is 19.1 Å². The molecule has 0 fully saturated rings. The van der Waals surface area contributed by atoms with Gasteiger partial charge in [0, 0.05) is 18.8 Å². The van der Waals surface area contributed by atoms with Gasteiger partial charge in [-0.3, -0.25) is 5.32 Å². The zero-order chi connectivity index (χ0) is 21.5. The van der Waals surface area contributed by atoms with E-state index in [0.29, 0.717) is 25.2 Å². The van der Waals surface area contributed by atoms with Crippen LogP contribution in [0.4, 0.5) is 15.3 Å². The molecule has 0 spiro atoms. The van der Waals surface area contributed by atoms with Gasteiger partial charge >= 0.3 is 12.2 Å². The summed E-state index contributed by atoms with van der Waals surface area (Å²) in [5.41, 5.74) is 4.72. The maximum Gasteiger partial charge on any atom is 0.411 e. The molecule has 0 radical (unpaired) electrons. The van der Waals surface area contributed by atoms with Crippen LogP contribution >= 0.6 is 0 Å². The summed E-state index contributed by atoms with van der Waals surface area (Å²) in [6.07, 6.45) is -0.114. The Bertz CT molecular complexity index is 1040. The summed E-state index contributed by atoms with van der Waals surface area (Å²) in [6, 6.07) is 24.8. The Morgan fingerprint density at radius 3 is 2.13 bits per heavy atom. The standard InChI is InChI=1S/C25H24N2O4/c28-24(30-17-19-7-3-1-4-8-19)26-23-12-11-22-16-27(14-13-21(22)15-23)25(29)31-18-20-9-5-2-6-10-20/h1-12,15H,13-14,16-18H2,(H,26,28). The summed E-state index contributed by atoms with van der Waals surface area (Å²) in [7, 11) is 0. The largest absolute Gasteiger partial charge is 0.445 e. The number of rotatable bonds is 5. The Balaban J connectivity index is 1.29. The highest BCUT2D eigenvalue weighted by Gasteiger charge is 2.22. The number of carbonyl (C=O) groups is 2. The molecular formula is C25H24N2O4. The van der Waals surface area contributed by atoms with Crippen LogP contribution in [0.3, 0.4) is 0 Å². The number of fused-ring (bicyclic) bond motifs is 1. The van der Waals surface area contributed by atoms with Gasteiger partial charge in [0.1, 0.15) is 13.2 Å². The molecule has 6 nitrogen and oxygen atoms in total. The maximum absolute atomic E-state index is 12.4. The number of ether oxygens (including phenoxy) is 2. The number of carbonyl (C=O) groups excluding carboxylic acids is 2. The Labute approximate surface area is 181 Å². The molecule has 4 rings (SSSR count). The molecule has 2 amide bonds. The van der Waals surface area contributed by atoms with Crippen molar-refractivity contribution in [1.29, 1.82) is 0 Å². The van der Waals surface area contributed by atoms with Gasteiger partial charge in [-0.1, -0.05) is 66.7 Å². The Morgan fingerprint density at radius 1 is 0.806 bits per heavy atom. The van der Waals surface area contributed by atoms with Crippen molar-refractivity contribution in [3.8, 4) is 0 Å². The van der Waals surface area contributed by atoms with Gasteiger partial charge in [0.25, 0.3) is 0 Å². The Kier molecular flexibility index (Phi) is 6.47. The molecule has 6 heteroatoms. The molecule has 0 atom stereocenters. The van der Waals surface area contributed by atoms with Crippen LogP contribution in [0.25, 0.3) is 0 Å². The second kappa shape index (κ2) is 9.80. The third-order valence-corrected chi connectivity index (χ3v) is 5.14. The van der Waals surface area contributed by atoms with Crippen LogP contribution in [0.2, 0.25) is 0 Å². The first kappa shape index (κ1) is 20.5. The first-order valence-electron chi connectivity index (χ1n) is 10.2. The van der Waals surface area contributed by atoms with Crippen molar-refractivity contribution in [2.75, 3.05) is 11.9 Å². The number of hydrogen-bond donors (Lipinski definition) is 1. The van der Waals surface area contributed by atoms with Crippen molar-refractivity contribution in [3.05, 3.63) is 101 Å². The summed E-state index contributed by atoms with van der Waals surface area (Å²) < 4.78 is 10.7. The van der Waals surface area contributed by atoms with Crippen LogP contribution in [-0.2, 0) is 35.7 Å². The summed E-state index contributed by atoms with van der Waals surface area (Å²) in [5.74, 6) is 0. The fraction of sp³-hybridized carbons (Fsp3) is 0.200. The van der Waals surface area contributed by atoms with E-state index in [9.17, 15) is 9.59 Å². The van der Waals surface area contributed by atoms with Gasteiger partial charge < -0.3 is 14.4 Å². The minimum absolute atomic E-state index is 0.220. The molecule has 1 aliphatic heterocycles. The van der Waals surface area contributed by atoms with Crippen LogP contribution in [-0.4, -0.2) is 23.6 Å². The number of nitrogens with zero attached hydrogens (tertiary/aromatic N) is 1. The number of nitrogens with one attached hydrogen (secondary N) is 1. The Morgan fingerprint density at radius 2 is 1.45 bits per heavy atom. The van der Waals surface area contributed by atoms with Gasteiger partial charge in [-0.2, -0.15) is 0 Å². The van der Waals surface area contributed by atoms with Gasteiger partial charge in [-0.05, 0) is 40.8 Å². The average Bonchev–Trinajstić information content (AvgIpc) is 2.82. The van der Waals surface area contributed by atoms with E-state index in [0.717, 1.165) is 22.3 Å². The van der Waals surface area contributed by atoms with E-state index in [-0.39, 0.29) is 19.3 Å². The zero-order valence-electron chi connectivity index (χ0n) is 17.1. The van der Waals surface area contributed by atoms with Gasteiger partial charge in [-0.15, -0.1) is 0 Å². The molecule has 1 heterocycles. The molecule has 1 aliphatic rings. The number of amides is 2. The van der Waals surface area contributed by atoms with Gasteiger partial charge in [0.15, 0.2) is 0 Å². The van der Waals surface area contributed by atoms with Gasteiger partial charge in [0.05, 0.1) is 0 Å². The molecule has 0 bridgehead atoms. The molecule has 0 aliphatic carbocycles. The van der Waals surface area contributed by atoms with E-state index < -0.39 is 6.09 Å². The van der Waals surface area contributed by atoms with Crippen LogP contribution < -0.4 is 5.32 Å². The van der Waals surface area contributed by atoms with Gasteiger partial charge in [-0.25, -0.2) is 9.59 Å². The summed E-state index contributed by atoms with van der Waals surface area (Å²) in [5, 5.41) is 2.77. The van der Waals surface area contributed by atoms with Crippen LogP contribution in [0.1, 0.15) is 22.3 Å². The third kappa shape index (κ3) is 5.63. The average molecular weight is 416 g/mol. The molecule has 158 valence electrons. The topological polar surface area (TPSA) is 67.9 Å². The van der Waals surface area contributed by atoms with Crippen molar-refractivity contribution in [2.45, 2.75) is 26.2 Å². The number of anilines is 1. The number of hydrogen-bond acceptors (Lipinski definition) is 4. The van der Waals surface area contributed by atoms with Crippen molar-refractivity contribution >= 4 is 17.9 Å². The van der Waals surface area contributed by atoms with Crippen LogP contribution in [0, 0.1) is 0 Å². The molecular weight excluding hydrogens is 392 g/mol. The van der Waals surface area contributed by atoms with Crippen molar-refractivity contribution in [3.63, 3.8) is 0 Å². The van der Waals surface area contributed by atoms with E-state index in [4.69, 9.17) is 9.47 Å². The minimum atomic E-state index is -0.495. The lowest BCUT2D eigenvalue weighted by atomic mass is 9.99. The first-order valence-corrected chi connectivity index (χ1v) is 10.2. The second-order valence-electron chi connectivity index (χ2n) is 7.38. The molecule has 31 heavy (non-hydrogen) atoms. The fourth-order valence-corrected chi connectivity index (χ4v) is 3.47. The van der Waals surface area contributed by atoms with Crippen LogP contribution in [0.15, 0.2) is 78.9 Å². The lowest BCUT2D eigenvalue weighted by Crippen LogP contribution is -2.36. The summed E-state index contributed by atoms with van der Waals surface area (Å²) in [4.78, 5) is 26.2. The molecule has 0 aromatic heterocycles. The first-order chi connectivity index (χ1) is 15.2. The fourth-order valence-electron chi connectivity index (χ4n) is 3.47. The SMILES string of the molecule is O=C(Nc1ccc2c(c1)CCN(C(=O)OCc1ccccc1)C2)OCc1ccccc1. The zero-order valence-corrected chi connectivity index (χ0v) is 17.1. The van der Waals surface area contributed by atoms with Gasteiger partial charge in [0.2, 0.25) is 0 Å². The minimum Gasteiger partial charge on any atom is -0.445 e. The lowest BCUT2D eigenvalue weighted by Gasteiger charge is -2.28. The van der Waals surface area contributed by atoms with E-state index in [1.54, 1.807) is 4.90 Å². The molecule has 0 saturated heterocycles. The maximum atomic E-state index is 12.4. The molecule has 0 unspecified atom stereocenters. The van der Waals surface area contributed by atoms with E-state index in [2.05, 4.69) is 5.32 Å². The number of benzene rings is 3. The second-order valence-corrected chi connectivity index (χ2v) is 7.38. The van der Waals surface area contributed by atoms with Crippen molar-refractivity contribution in [1.82, 2.24) is 4.90 Å². The van der Waals surface area contributed by atoms with Crippen molar-refractivity contribution in [2.24, 2.45) is 0 Å². The highest BCUT2D eigenvalue weighted by Crippen LogP contribution is 2.23. The third-order valence-electron chi connectivity index (χ3n) is 5.14. The Hall–Kier alpha value is -3.80. The molecule has 3 aromatic carbocycles. The summed E-state index contributed by atoms with van der Waals surface area (Å²) >= 11 is 0. The molecule has 1 N–H and O–H groups in total.